The number of aliphatic imine (C=N–C) groups is 2. The summed E-state index contributed by atoms with van der Waals surface area (Å²) in [6.07, 6.45) is 8.09. The topological polar surface area (TPSA) is 37.6 Å². The van der Waals surface area contributed by atoms with Crippen molar-refractivity contribution in [2.24, 2.45) is 9.98 Å². The molecule has 2 aromatic carbocycles. The molecule has 0 saturated heterocycles. The van der Waals surface area contributed by atoms with E-state index in [2.05, 4.69) is 94.7 Å². The van der Waals surface area contributed by atoms with Crippen molar-refractivity contribution in [1.29, 1.82) is 0 Å². The number of pyridine rings is 1. The van der Waals surface area contributed by atoms with E-state index in [0.29, 0.717) is 5.32 Å². The molecule has 0 unspecified atom stereocenters. The van der Waals surface area contributed by atoms with Gasteiger partial charge in [0.1, 0.15) is 0 Å². The molecule has 0 fully saturated rings. The maximum atomic E-state index is 4.42. The monoisotopic (exact) mass is 754 g/mol. The zero-order valence-corrected chi connectivity index (χ0v) is 24.9. The molecule has 31 heavy (non-hydrogen) atoms. The molecule has 3 nitrogen and oxygen atoms in total. The maximum absolute atomic E-state index is 4.42. The van der Waals surface area contributed by atoms with Crippen LogP contribution < -0.4 is 0 Å². The Labute approximate surface area is 237 Å². The summed E-state index contributed by atoms with van der Waals surface area (Å²) in [6.45, 7) is 0. The predicted molar refractivity (Wildman–Crippen MR) is 147 cm³/mol. The average molecular weight is 759 g/mol. The second-order valence-electron chi connectivity index (χ2n) is 5.52. The van der Waals surface area contributed by atoms with Gasteiger partial charge in [0.05, 0.1) is 5.69 Å². The predicted octanol–water partition coefficient (Wildman–Crippen LogP) is 9.27. The van der Waals surface area contributed by atoms with Crippen molar-refractivity contribution in [2.45, 2.75) is 11.7 Å². The molecule has 0 aliphatic heterocycles. The van der Waals surface area contributed by atoms with Crippen molar-refractivity contribution < 1.29 is 16.0 Å². The van der Waals surface area contributed by atoms with Crippen LogP contribution in [0.15, 0.2) is 88.8 Å². The van der Waals surface area contributed by atoms with Crippen molar-refractivity contribution >= 4 is 112 Å². The van der Waals surface area contributed by atoms with Crippen LogP contribution in [0.5, 0.6) is 0 Å². The van der Waals surface area contributed by atoms with Gasteiger partial charge in [-0.1, -0.05) is 22.0 Å². The third-order valence-corrected chi connectivity index (χ3v) is 5.85. The van der Waals surface area contributed by atoms with E-state index in [4.69, 9.17) is 0 Å². The van der Waals surface area contributed by atoms with E-state index in [1.807, 2.05) is 60.9 Å². The van der Waals surface area contributed by atoms with Crippen molar-refractivity contribution in [3.63, 3.8) is 0 Å². The summed E-state index contributed by atoms with van der Waals surface area (Å²) in [5.74, 6) is 0. The van der Waals surface area contributed by atoms with Gasteiger partial charge in [-0.15, -0.1) is 24.8 Å². The Bertz CT molecular complexity index is 990. The van der Waals surface area contributed by atoms with Crippen LogP contribution in [0.3, 0.4) is 0 Å². The number of rotatable bonds is 5. The molecule has 0 bridgehead atoms. The molecule has 0 aliphatic carbocycles. The summed E-state index contributed by atoms with van der Waals surface area (Å²) in [5, 5.41) is 0.711. The van der Waals surface area contributed by atoms with Crippen LogP contribution in [-0.4, -0.2) is 17.4 Å². The van der Waals surface area contributed by atoms with Crippen LogP contribution in [0.25, 0.3) is 0 Å². The normalized spacial score (nSPS) is 10.2. The first-order valence-corrected chi connectivity index (χ1v) is 12.3. The molecule has 0 atom stereocenters. The molecule has 0 spiro atoms. The number of halogens is 6. The van der Waals surface area contributed by atoms with Crippen LogP contribution in [0.2, 0.25) is 5.32 Å². The minimum atomic E-state index is 0. The molecule has 167 valence electrons. The van der Waals surface area contributed by atoms with Gasteiger partial charge in [-0.25, -0.2) is 0 Å². The number of hydrogen-bond acceptors (Lipinski definition) is 3. The number of nitrogens with zero attached hydrogens (tertiary/aromatic N) is 3. The van der Waals surface area contributed by atoms with Gasteiger partial charge in [-0.05, 0) is 45.8 Å². The van der Waals surface area contributed by atoms with E-state index in [1.165, 1.54) is 0 Å². The molecule has 3 aromatic rings. The van der Waals surface area contributed by atoms with Gasteiger partial charge >= 0.3 is 97.2 Å². The molecule has 0 amide bonds. The van der Waals surface area contributed by atoms with Gasteiger partial charge in [0, 0.05) is 34.0 Å². The van der Waals surface area contributed by atoms with Gasteiger partial charge in [-0.2, -0.15) is 0 Å². The molecule has 1 heterocycles. The Balaban J connectivity index is 0.000000575. The molecule has 10 heteroatoms. The van der Waals surface area contributed by atoms with Gasteiger partial charge in [0.15, 0.2) is 0 Å². The third-order valence-electron chi connectivity index (χ3n) is 3.39. The molecule has 0 saturated carbocycles. The fourth-order valence-corrected chi connectivity index (χ4v) is 4.47. The van der Waals surface area contributed by atoms with E-state index in [1.54, 1.807) is 12.4 Å². The number of aromatic nitrogens is 1. The van der Waals surface area contributed by atoms with Gasteiger partial charge < -0.3 is 0 Å². The molecule has 0 aliphatic rings. The SMILES string of the molecule is Brc1ccc(N=CCc2cccnc2)c(Br)c1.Cl.Cl.[Fe][CH2]C=Nc1ccc(Br)cc1Br. The summed E-state index contributed by atoms with van der Waals surface area (Å²) in [7, 11) is 0. The van der Waals surface area contributed by atoms with Crippen LogP contribution in [0.4, 0.5) is 11.4 Å². The van der Waals surface area contributed by atoms with E-state index in [9.17, 15) is 0 Å². The van der Waals surface area contributed by atoms with Crippen LogP contribution in [0.1, 0.15) is 5.56 Å². The average Bonchev–Trinajstić information content (AvgIpc) is 2.70. The minimum absolute atomic E-state index is 0. The fourth-order valence-electron chi connectivity index (χ4n) is 2.07. The van der Waals surface area contributed by atoms with Crippen molar-refractivity contribution in [3.8, 4) is 0 Å². The summed E-state index contributed by atoms with van der Waals surface area (Å²) < 4.78 is 4.05. The van der Waals surface area contributed by atoms with E-state index in [0.717, 1.165) is 41.2 Å². The van der Waals surface area contributed by atoms with Gasteiger partial charge in [-0.3, -0.25) is 9.98 Å². The summed E-state index contributed by atoms with van der Waals surface area (Å²) in [5.41, 5.74) is 3.02. The molecular weight excluding hydrogens is 741 g/mol. The first-order valence-electron chi connectivity index (χ1n) is 8.38. The third kappa shape index (κ3) is 12.1. The number of benzene rings is 2. The first-order chi connectivity index (χ1) is 14.0. The van der Waals surface area contributed by atoms with E-state index < -0.39 is 0 Å². The zero-order chi connectivity index (χ0) is 21.1. The summed E-state index contributed by atoms with van der Waals surface area (Å²) >= 11 is 17.3. The molecule has 3 rings (SSSR count). The fraction of sp³-hybridized carbons (Fsp3) is 0.0952. The molecule has 1 aromatic heterocycles. The molecule has 0 N–H and O–H groups in total. The molecule has 0 radical (unpaired) electrons. The Kier molecular flexibility index (Phi) is 17.4. The van der Waals surface area contributed by atoms with Gasteiger partial charge in [0.25, 0.3) is 0 Å². The first kappa shape index (κ1) is 30.9. The summed E-state index contributed by atoms with van der Waals surface area (Å²) in [6, 6.07) is 15.8. The van der Waals surface area contributed by atoms with Crippen LogP contribution in [0, 0.1) is 0 Å². The van der Waals surface area contributed by atoms with Crippen LogP contribution >= 0.6 is 88.5 Å². The van der Waals surface area contributed by atoms with Crippen molar-refractivity contribution in [2.75, 3.05) is 0 Å². The zero-order valence-electron chi connectivity index (χ0n) is 15.9. The van der Waals surface area contributed by atoms with Crippen molar-refractivity contribution in [3.05, 3.63) is 84.4 Å². The Morgan fingerprint density at radius 3 is 1.81 bits per heavy atom. The van der Waals surface area contributed by atoms with Crippen molar-refractivity contribution in [1.82, 2.24) is 4.98 Å². The second-order valence-corrected chi connectivity index (χ2v) is 9.52. The van der Waals surface area contributed by atoms with Gasteiger partial charge in [0.2, 0.25) is 0 Å². The van der Waals surface area contributed by atoms with E-state index >= 15 is 0 Å². The molecular formula is C21H18Br4Cl2FeN3. The van der Waals surface area contributed by atoms with Crippen LogP contribution in [-0.2, 0) is 22.4 Å². The Hall–Kier alpha value is -0.0505. The second kappa shape index (κ2) is 17.4. The quantitative estimate of drug-likeness (QED) is 0.189. The Morgan fingerprint density at radius 2 is 1.35 bits per heavy atom. The summed E-state index contributed by atoms with van der Waals surface area (Å²) in [4.78, 5) is 12.7. The Morgan fingerprint density at radius 1 is 0.806 bits per heavy atom. The van der Waals surface area contributed by atoms with E-state index in [-0.39, 0.29) is 24.8 Å². The standard InChI is InChI=1S/C13H10Br2N2.C8H6Br2N.2ClH.Fe/c14-11-3-4-13(12(15)8-11)17-7-5-10-2-1-6-16-9-10;1-2-11-8-4-3-6(9)5-7(8)10;;;/h1-4,6-9H,5H2;2-5H,1H2;2*1H;. The number of hydrogen-bond donors (Lipinski definition) is 0.